The van der Waals surface area contributed by atoms with Crippen molar-refractivity contribution < 1.29 is 26.4 Å². The number of hydrogen-bond donors (Lipinski definition) is 0. The van der Waals surface area contributed by atoms with E-state index in [4.69, 9.17) is 0 Å². The molecule has 1 amide bonds. The van der Waals surface area contributed by atoms with Crippen LogP contribution in [0.2, 0.25) is 0 Å². The Bertz CT molecular complexity index is 837. The molecule has 0 aromatic heterocycles. The van der Waals surface area contributed by atoms with Crippen LogP contribution in [-0.2, 0) is 20.8 Å². The number of sulfone groups is 1. The fourth-order valence-corrected chi connectivity index (χ4v) is 6.88. The van der Waals surface area contributed by atoms with E-state index in [1.807, 2.05) is 0 Å². The molecule has 10 heteroatoms. The molecule has 2 fully saturated rings. The first kappa shape index (κ1) is 18.2. The highest BCUT2D eigenvalue weighted by molar-refractivity contribution is 8.16. The first-order chi connectivity index (χ1) is 11.6. The lowest BCUT2D eigenvalue weighted by atomic mass is 10.1. The van der Waals surface area contributed by atoms with Gasteiger partial charge in [-0.3, -0.25) is 4.79 Å². The minimum absolute atomic E-state index is 0.118. The molecule has 25 heavy (non-hydrogen) atoms. The first-order valence-corrected chi connectivity index (χ1v) is 10.3. The summed E-state index contributed by atoms with van der Waals surface area (Å²) in [5.74, 6) is -0.845. The topological polar surface area (TPSA) is 66.8 Å². The minimum atomic E-state index is -4.60. The van der Waals surface area contributed by atoms with Crippen LogP contribution in [0.25, 0.3) is 0 Å². The maximum absolute atomic E-state index is 13.4. The Labute approximate surface area is 147 Å². The van der Waals surface area contributed by atoms with Gasteiger partial charge in [-0.25, -0.2) is 8.42 Å². The van der Waals surface area contributed by atoms with Gasteiger partial charge in [0.15, 0.2) is 15.0 Å². The monoisotopic (exact) mass is 392 g/mol. The summed E-state index contributed by atoms with van der Waals surface area (Å²) in [4.78, 5) is 16.9. The molecule has 0 aliphatic carbocycles. The largest absolute Gasteiger partial charge is 0.418 e. The summed E-state index contributed by atoms with van der Waals surface area (Å²) < 4.78 is 64.0. The average Bonchev–Trinajstić information content (AvgIpc) is 2.97. The Morgan fingerprint density at radius 2 is 2.00 bits per heavy atom. The highest BCUT2D eigenvalue weighted by Crippen LogP contribution is 2.45. The van der Waals surface area contributed by atoms with Crippen LogP contribution < -0.4 is 4.90 Å². The Morgan fingerprint density at radius 3 is 2.64 bits per heavy atom. The van der Waals surface area contributed by atoms with E-state index in [9.17, 15) is 26.4 Å². The molecule has 5 nitrogen and oxygen atoms in total. The van der Waals surface area contributed by atoms with Gasteiger partial charge in [0, 0.05) is 11.7 Å². The van der Waals surface area contributed by atoms with E-state index in [0.29, 0.717) is 0 Å². The standard InChI is InChI=1S/C15H15F3N2O3S2/c1-2-13(21)19-14-20(11-7-25(22,23)8-12(11)24-14)10-6-4-3-5-9(10)15(16,17)18/h3-6,11-12H,2,7-8H2,1H3/t11-,12+/m1/s1. The lowest BCUT2D eigenvalue weighted by Gasteiger charge is -2.27. The predicted octanol–water partition coefficient (Wildman–Crippen LogP) is 2.72. The molecule has 1 aromatic carbocycles. The number of amides is 1. The van der Waals surface area contributed by atoms with Crippen molar-refractivity contribution in [3.05, 3.63) is 29.8 Å². The number of benzene rings is 1. The highest BCUT2D eigenvalue weighted by Gasteiger charge is 2.51. The third-order valence-electron chi connectivity index (χ3n) is 4.06. The Morgan fingerprint density at radius 1 is 1.32 bits per heavy atom. The molecule has 1 aromatic rings. The summed E-state index contributed by atoms with van der Waals surface area (Å²) in [5, 5.41) is -0.303. The zero-order valence-electron chi connectivity index (χ0n) is 13.2. The lowest BCUT2D eigenvalue weighted by Crippen LogP contribution is -2.39. The second kappa shape index (κ2) is 6.31. The van der Waals surface area contributed by atoms with Crippen LogP contribution in [0.4, 0.5) is 18.9 Å². The van der Waals surface area contributed by atoms with Crippen LogP contribution in [0.3, 0.4) is 0 Å². The summed E-state index contributed by atoms with van der Waals surface area (Å²) in [6.45, 7) is 1.60. The maximum atomic E-state index is 13.4. The van der Waals surface area contributed by atoms with Crippen molar-refractivity contribution in [3.8, 4) is 0 Å². The second-order valence-corrected chi connectivity index (χ2v) is 9.19. The van der Waals surface area contributed by atoms with E-state index in [1.165, 1.54) is 23.1 Å². The summed E-state index contributed by atoms with van der Waals surface area (Å²) in [5.41, 5.74) is -1.05. The van der Waals surface area contributed by atoms with E-state index in [-0.39, 0.29) is 28.8 Å². The maximum Gasteiger partial charge on any atom is 0.418 e. The Hall–Kier alpha value is -1.55. The molecule has 2 heterocycles. The summed E-state index contributed by atoms with van der Waals surface area (Å²) in [6, 6.07) is 4.28. The number of fused-ring (bicyclic) bond motifs is 1. The lowest BCUT2D eigenvalue weighted by molar-refractivity contribution is -0.137. The molecule has 0 unspecified atom stereocenters. The molecular formula is C15H15F3N2O3S2. The van der Waals surface area contributed by atoms with Crippen molar-refractivity contribution in [1.29, 1.82) is 0 Å². The zero-order valence-corrected chi connectivity index (χ0v) is 14.8. The molecule has 2 saturated heterocycles. The van der Waals surface area contributed by atoms with Gasteiger partial charge < -0.3 is 4.90 Å². The number of halogens is 3. The minimum Gasteiger partial charge on any atom is -0.315 e. The van der Waals surface area contributed by atoms with Gasteiger partial charge in [0.1, 0.15) is 0 Å². The number of anilines is 1. The molecule has 2 aliphatic heterocycles. The number of rotatable bonds is 2. The van der Waals surface area contributed by atoms with Gasteiger partial charge in [-0.1, -0.05) is 30.8 Å². The van der Waals surface area contributed by atoms with Crippen molar-refractivity contribution >= 4 is 38.4 Å². The molecule has 136 valence electrons. The van der Waals surface area contributed by atoms with E-state index in [1.54, 1.807) is 6.92 Å². The van der Waals surface area contributed by atoms with Gasteiger partial charge in [0.25, 0.3) is 0 Å². The van der Waals surface area contributed by atoms with Gasteiger partial charge in [0.2, 0.25) is 5.91 Å². The third-order valence-corrected chi connectivity index (χ3v) is 7.27. The fourth-order valence-electron chi connectivity index (χ4n) is 2.96. The van der Waals surface area contributed by atoms with Crippen molar-refractivity contribution in [1.82, 2.24) is 0 Å². The van der Waals surface area contributed by atoms with Crippen LogP contribution >= 0.6 is 11.8 Å². The van der Waals surface area contributed by atoms with Gasteiger partial charge in [-0.2, -0.15) is 18.2 Å². The number of nitrogens with zero attached hydrogens (tertiary/aromatic N) is 2. The number of aliphatic imine (C=N–C) groups is 1. The van der Waals surface area contributed by atoms with Crippen molar-refractivity contribution in [2.24, 2.45) is 4.99 Å². The fraction of sp³-hybridized carbons (Fsp3) is 0.467. The van der Waals surface area contributed by atoms with Crippen LogP contribution in [0.15, 0.2) is 29.3 Å². The number of carbonyl (C=O) groups is 1. The number of alkyl halides is 3. The van der Waals surface area contributed by atoms with Crippen LogP contribution in [-0.4, -0.2) is 42.3 Å². The average molecular weight is 392 g/mol. The molecule has 0 spiro atoms. The normalized spacial score (nSPS) is 26.9. The molecule has 0 radical (unpaired) electrons. The molecule has 2 aliphatic rings. The molecule has 3 rings (SSSR count). The van der Waals surface area contributed by atoms with Crippen molar-refractivity contribution in [2.45, 2.75) is 30.8 Å². The Kier molecular flexibility index (Phi) is 4.61. The number of amidine groups is 1. The van der Waals surface area contributed by atoms with Crippen LogP contribution in [0.5, 0.6) is 0 Å². The first-order valence-electron chi connectivity index (χ1n) is 7.56. The van der Waals surface area contributed by atoms with Crippen molar-refractivity contribution in [3.63, 3.8) is 0 Å². The predicted molar refractivity (Wildman–Crippen MR) is 90.5 cm³/mol. The smallest absolute Gasteiger partial charge is 0.315 e. The van der Waals surface area contributed by atoms with E-state index < -0.39 is 38.8 Å². The van der Waals surface area contributed by atoms with Crippen LogP contribution in [0, 0.1) is 0 Å². The Balaban J connectivity index is 2.12. The molecule has 0 bridgehead atoms. The SMILES string of the molecule is CCC(=O)N=C1S[C@H]2CS(=O)(=O)C[C@H]2N1c1ccccc1C(F)(F)F. The summed E-state index contributed by atoms with van der Waals surface area (Å²) in [6.07, 6.45) is -4.48. The third kappa shape index (κ3) is 3.55. The second-order valence-electron chi connectivity index (χ2n) is 5.83. The van der Waals surface area contributed by atoms with Gasteiger partial charge in [-0.05, 0) is 12.1 Å². The number of thioether (sulfide) groups is 1. The molecule has 0 saturated carbocycles. The quantitative estimate of drug-likeness (QED) is 0.774. The van der Waals surface area contributed by atoms with Crippen LogP contribution in [0.1, 0.15) is 18.9 Å². The van der Waals surface area contributed by atoms with Gasteiger partial charge in [-0.15, -0.1) is 0 Å². The molecular weight excluding hydrogens is 377 g/mol. The summed E-state index contributed by atoms with van der Waals surface area (Å²) >= 11 is 1.06. The van der Waals surface area contributed by atoms with Gasteiger partial charge in [0.05, 0.1) is 28.8 Å². The number of carbonyl (C=O) groups excluding carboxylic acids is 1. The molecule has 0 N–H and O–H groups in total. The van der Waals surface area contributed by atoms with Crippen molar-refractivity contribution in [2.75, 3.05) is 16.4 Å². The zero-order chi connectivity index (χ0) is 18.4. The van der Waals surface area contributed by atoms with Gasteiger partial charge >= 0.3 is 6.18 Å². The van der Waals surface area contributed by atoms with E-state index in [0.717, 1.165) is 17.8 Å². The number of para-hydroxylation sites is 1. The van der Waals surface area contributed by atoms with E-state index in [2.05, 4.69) is 4.99 Å². The number of hydrogen-bond acceptors (Lipinski definition) is 4. The highest BCUT2D eigenvalue weighted by atomic mass is 32.2. The summed E-state index contributed by atoms with van der Waals surface area (Å²) in [7, 11) is -3.34. The molecule has 2 atom stereocenters. The van der Waals surface area contributed by atoms with E-state index >= 15 is 0 Å².